The van der Waals surface area contributed by atoms with Crippen molar-refractivity contribution in [3.63, 3.8) is 0 Å². The van der Waals surface area contributed by atoms with Crippen LogP contribution in [0.15, 0.2) is 42.7 Å². The number of hydrogen-bond acceptors (Lipinski definition) is 1. The van der Waals surface area contributed by atoms with E-state index < -0.39 is 0 Å². The highest BCUT2D eigenvalue weighted by molar-refractivity contribution is 5.26. The molecule has 1 aromatic carbocycles. The van der Waals surface area contributed by atoms with Crippen molar-refractivity contribution in [2.75, 3.05) is 6.54 Å². The van der Waals surface area contributed by atoms with Crippen molar-refractivity contribution >= 4 is 0 Å². The van der Waals surface area contributed by atoms with Crippen molar-refractivity contribution in [3.05, 3.63) is 59.4 Å². The molecule has 0 bridgehead atoms. The van der Waals surface area contributed by atoms with E-state index >= 15 is 0 Å². The summed E-state index contributed by atoms with van der Waals surface area (Å²) in [4.78, 5) is 0. The van der Waals surface area contributed by atoms with Gasteiger partial charge in [0.2, 0.25) is 0 Å². The second-order valence-corrected chi connectivity index (χ2v) is 6.22. The third-order valence-corrected chi connectivity index (χ3v) is 4.03. The largest absolute Gasteiger partial charge is 0.350 e. The zero-order valence-corrected chi connectivity index (χ0v) is 13.8. The minimum Gasteiger partial charge on any atom is -0.350 e. The Hall–Kier alpha value is -1.54. The monoisotopic (exact) mass is 284 g/mol. The Morgan fingerprint density at radius 1 is 1.14 bits per heavy atom. The molecule has 2 nitrogen and oxygen atoms in total. The summed E-state index contributed by atoms with van der Waals surface area (Å²) < 4.78 is 2.29. The van der Waals surface area contributed by atoms with Crippen LogP contribution in [0.1, 0.15) is 49.9 Å². The van der Waals surface area contributed by atoms with Crippen molar-refractivity contribution in [2.45, 2.75) is 46.7 Å². The van der Waals surface area contributed by atoms with Crippen molar-refractivity contribution in [3.8, 4) is 0 Å². The van der Waals surface area contributed by atoms with Gasteiger partial charge in [-0.1, -0.05) is 45.0 Å². The topological polar surface area (TPSA) is 17.0 Å². The predicted molar refractivity (Wildman–Crippen MR) is 90.6 cm³/mol. The summed E-state index contributed by atoms with van der Waals surface area (Å²) in [7, 11) is 0. The Morgan fingerprint density at radius 3 is 2.57 bits per heavy atom. The van der Waals surface area contributed by atoms with Gasteiger partial charge < -0.3 is 9.88 Å². The highest BCUT2D eigenvalue weighted by Crippen LogP contribution is 2.22. The van der Waals surface area contributed by atoms with Gasteiger partial charge in [0.05, 0.1) is 0 Å². The summed E-state index contributed by atoms with van der Waals surface area (Å²) in [5.74, 6) is 0.603. The molecular weight excluding hydrogens is 256 g/mol. The minimum absolute atomic E-state index is 0.447. The predicted octanol–water partition coefficient (Wildman–Crippen LogP) is 4.54. The molecule has 2 aromatic rings. The molecule has 0 amide bonds. The molecule has 2 rings (SSSR count). The van der Waals surface area contributed by atoms with Crippen LogP contribution in [-0.2, 0) is 6.54 Å². The molecule has 0 aliphatic carbocycles. The van der Waals surface area contributed by atoms with E-state index in [4.69, 9.17) is 0 Å². The van der Waals surface area contributed by atoms with Gasteiger partial charge in [0, 0.05) is 25.0 Å². The van der Waals surface area contributed by atoms with Gasteiger partial charge in [-0.3, -0.25) is 0 Å². The fourth-order valence-corrected chi connectivity index (χ4v) is 2.76. The molecule has 1 atom stereocenters. The molecule has 1 aromatic heterocycles. The van der Waals surface area contributed by atoms with Gasteiger partial charge in [0.15, 0.2) is 0 Å². The van der Waals surface area contributed by atoms with Crippen LogP contribution >= 0.6 is 0 Å². The van der Waals surface area contributed by atoms with E-state index in [9.17, 15) is 0 Å². The third-order valence-electron chi connectivity index (χ3n) is 4.03. The van der Waals surface area contributed by atoms with Crippen LogP contribution in [0.25, 0.3) is 0 Å². The first kappa shape index (κ1) is 15.8. The van der Waals surface area contributed by atoms with E-state index in [0.717, 1.165) is 13.1 Å². The van der Waals surface area contributed by atoms with Crippen molar-refractivity contribution in [1.82, 2.24) is 9.88 Å². The summed E-state index contributed by atoms with van der Waals surface area (Å²) >= 11 is 0. The van der Waals surface area contributed by atoms with Crippen molar-refractivity contribution in [1.29, 1.82) is 0 Å². The van der Waals surface area contributed by atoms with Crippen LogP contribution in [0, 0.1) is 12.8 Å². The average molecular weight is 284 g/mol. The molecule has 0 saturated heterocycles. The lowest BCUT2D eigenvalue weighted by Gasteiger charge is -2.21. The zero-order chi connectivity index (χ0) is 15.2. The Labute approximate surface area is 129 Å². The van der Waals surface area contributed by atoms with Gasteiger partial charge in [0.25, 0.3) is 0 Å². The Kier molecular flexibility index (Phi) is 5.63. The highest BCUT2D eigenvalue weighted by atomic mass is 15.0. The average Bonchev–Trinajstić information content (AvgIpc) is 2.90. The van der Waals surface area contributed by atoms with Crippen molar-refractivity contribution in [2.24, 2.45) is 5.92 Å². The number of hydrogen-bond donors (Lipinski definition) is 1. The van der Waals surface area contributed by atoms with Crippen LogP contribution in [0.2, 0.25) is 0 Å². The van der Waals surface area contributed by atoms with Gasteiger partial charge in [-0.15, -0.1) is 0 Å². The van der Waals surface area contributed by atoms with E-state index in [1.807, 2.05) is 0 Å². The lowest BCUT2D eigenvalue weighted by atomic mass is 9.98. The second kappa shape index (κ2) is 7.46. The van der Waals surface area contributed by atoms with E-state index in [0.29, 0.717) is 12.0 Å². The molecule has 0 aliphatic rings. The first-order chi connectivity index (χ1) is 10.1. The van der Waals surface area contributed by atoms with Gasteiger partial charge in [-0.2, -0.15) is 0 Å². The Bertz CT molecular complexity index is 554. The maximum absolute atomic E-state index is 3.66. The summed E-state index contributed by atoms with van der Waals surface area (Å²) in [5, 5.41) is 3.66. The highest BCUT2D eigenvalue weighted by Gasteiger charge is 2.15. The molecule has 2 heteroatoms. The SMILES string of the molecule is CCCNC(c1ccn(Cc2ccccc2C)c1)C(C)C. The molecule has 1 heterocycles. The molecule has 0 saturated carbocycles. The van der Waals surface area contributed by atoms with E-state index in [1.165, 1.54) is 23.1 Å². The molecule has 1 N–H and O–H groups in total. The first-order valence-electron chi connectivity index (χ1n) is 8.05. The molecule has 1 unspecified atom stereocenters. The fourth-order valence-electron chi connectivity index (χ4n) is 2.76. The summed E-state index contributed by atoms with van der Waals surface area (Å²) in [6.45, 7) is 11.0. The fraction of sp³-hybridized carbons (Fsp3) is 0.474. The molecule has 0 aliphatic heterocycles. The van der Waals surface area contributed by atoms with E-state index in [-0.39, 0.29) is 0 Å². The van der Waals surface area contributed by atoms with Gasteiger partial charge in [0.1, 0.15) is 0 Å². The summed E-state index contributed by atoms with van der Waals surface area (Å²) in [6.07, 6.45) is 5.66. The quantitative estimate of drug-likeness (QED) is 0.789. The number of aromatic nitrogens is 1. The van der Waals surface area contributed by atoms with Gasteiger partial charge >= 0.3 is 0 Å². The molecule has 0 fully saturated rings. The minimum atomic E-state index is 0.447. The first-order valence-corrected chi connectivity index (χ1v) is 8.05. The van der Waals surface area contributed by atoms with Crippen LogP contribution in [-0.4, -0.2) is 11.1 Å². The molecule has 0 radical (unpaired) electrons. The number of rotatable bonds is 7. The second-order valence-electron chi connectivity index (χ2n) is 6.22. The lowest BCUT2D eigenvalue weighted by Crippen LogP contribution is -2.26. The standard InChI is InChI=1S/C19H28N2/c1-5-11-20-19(15(2)3)18-10-12-21(14-18)13-17-9-7-6-8-16(17)4/h6-10,12,14-15,19-20H,5,11,13H2,1-4H3. The smallest absolute Gasteiger partial charge is 0.0472 e. The molecular formula is C19H28N2. The number of aryl methyl sites for hydroxylation is 1. The third kappa shape index (κ3) is 4.21. The zero-order valence-electron chi connectivity index (χ0n) is 13.8. The molecule has 0 spiro atoms. The lowest BCUT2D eigenvalue weighted by molar-refractivity contribution is 0.412. The number of nitrogens with zero attached hydrogens (tertiary/aromatic N) is 1. The maximum atomic E-state index is 3.66. The molecule has 114 valence electrons. The Balaban J connectivity index is 2.11. The van der Waals surface area contributed by atoms with Crippen molar-refractivity contribution < 1.29 is 0 Å². The van der Waals surface area contributed by atoms with Crippen LogP contribution in [0.3, 0.4) is 0 Å². The summed E-state index contributed by atoms with van der Waals surface area (Å²) in [6, 6.07) is 11.3. The van der Waals surface area contributed by atoms with Gasteiger partial charge in [-0.25, -0.2) is 0 Å². The maximum Gasteiger partial charge on any atom is 0.0472 e. The Morgan fingerprint density at radius 2 is 1.90 bits per heavy atom. The van der Waals surface area contributed by atoms with Gasteiger partial charge in [-0.05, 0) is 48.6 Å². The van der Waals surface area contributed by atoms with E-state index in [2.05, 4.69) is 80.3 Å². The normalized spacial score (nSPS) is 12.8. The number of benzene rings is 1. The summed E-state index contributed by atoms with van der Waals surface area (Å²) in [5.41, 5.74) is 4.14. The van der Waals surface area contributed by atoms with Crippen LogP contribution < -0.4 is 5.32 Å². The molecule has 21 heavy (non-hydrogen) atoms. The van der Waals surface area contributed by atoms with Crippen LogP contribution in [0.5, 0.6) is 0 Å². The van der Waals surface area contributed by atoms with Crippen LogP contribution in [0.4, 0.5) is 0 Å². The van der Waals surface area contributed by atoms with E-state index in [1.54, 1.807) is 0 Å². The number of nitrogens with one attached hydrogen (secondary N) is 1.